The first-order valence-electron chi connectivity index (χ1n) is 9.40. The predicted octanol–water partition coefficient (Wildman–Crippen LogP) is 4.92. The average molecular weight is 421 g/mol. The molecule has 2 aromatic carbocycles. The Morgan fingerprint density at radius 3 is 2.72 bits per heavy atom. The van der Waals surface area contributed by atoms with Gasteiger partial charge in [-0.15, -0.1) is 10.2 Å². The van der Waals surface area contributed by atoms with Crippen LogP contribution in [-0.4, -0.2) is 33.2 Å². The van der Waals surface area contributed by atoms with Crippen LogP contribution in [0.3, 0.4) is 0 Å². The summed E-state index contributed by atoms with van der Waals surface area (Å²) in [5, 5.41) is 9.32. The predicted molar refractivity (Wildman–Crippen MR) is 120 cm³/mol. The number of nitrogens with zero attached hydrogens (tertiary/aromatic N) is 4. The van der Waals surface area contributed by atoms with Crippen molar-refractivity contribution in [3.8, 4) is 0 Å². The molecular weight excluding hydrogens is 400 g/mol. The van der Waals surface area contributed by atoms with Gasteiger partial charge in [-0.2, -0.15) is 0 Å². The van der Waals surface area contributed by atoms with Gasteiger partial charge in [0.15, 0.2) is 10.9 Å². The van der Waals surface area contributed by atoms with Crippen molar-refractivity contribution >= 4 is 49.7 Å². The number of thioether (sulfide) groups is 1. The molecule has 0 amide bonds. The Hall–Kier alpha value is -2.64. The molecule has 0 fully saturated rings. The SMILES string of the molecule is CN1C(=CC(=O)CSc2nnc3sc4ccccc4n23)C(C)(C)c2ccccc21. The number of para-hydroxylation sites is 2. The lowest BCUT2D eigenvalue weighted by Gasteiger charge is -2.23. The maximum absolute atomic E-state index is 12.8. The summed E-state index contributed by atoms with van der Waals surface area (Å²) >= 11 is 3.04. The third-order valence-electron chi connectivity index (χ3n) is 5.49. The van der Waals surface area contributed by atoms with Crippen LogP contribution < -0.4 is 4.90 Å². The monoisotopic (exact) mass is 420 g/mol. The maximum atomic E-state index is 12.8. The van der Waals surface area contributed by atoms with E-state index in [0.717, 1.165) is 27.0 Å². The van der Waals surface area contributed by atoms with E-state index in [1.807, 2.05) is 29.6 Å². The molecule has 0 atom stereocenters. The van der Waals surface area contributed by atoms with Gasteiger partial charge in [-0.3, -0.25) is 9.20 Å². The molecule has 0 aliphatic carbocycles. The highest BCUT2D eigenvalue weighted by atomic mass is 32.2. The van der Waals surface area contributed by atoms with E-state index in [9.17, 15) is 4.79 Å². The van der Waals surface area contributed by atoms with E-state index in [1.165, 1.54) is 22.0 Å². The second-order valence-electron chi connectivity index (χ2n) is 7.66. The molecule has 5 nitrogen and oxygen atoms in total. The van der Waals surface area contributed by atoms with E-state index >= 15 is 0 Å². The summed E-state index contributed by atoms with van der Waals surface area (Å²) < 4.78 is 3.20. The minimum atomic E-state index is -0.197. The zero-order valence-electron chi connectivity index (χ0n) is 16.4. The van der Waals surface area contributed by atoms with Crippen molar-refractivity contribution in [1.82, 2.24) is 14.6 Å². The van der Waals surface area contributed by atoms with Gasteiger partial charge < -0.3 is 4.90 Å². The van der Waals surface area contributed by atoms with E-state index < -0.39 is 0 Å². The topological polar surface area (TPSA) is 50.5 Å². The van der Waals surface area contributed by atoms with Gasteiger partial charge in [-0.05, 0) is 23.8 Å². The molecule has 0 saturated carbocycles. The maximum Gasteiger partial charge on any atom is 0.217 e. The first-order chi connectivity index (χ1) is 14.0. The molecular formula is C22H20N4OS2. The number of anilines is 1. The lowest BCUT2D eigenvalue weighted by atomic mass is 9.83. The molecule has 0 N–H and O–H groups in total. The van der Waals surface area contributed by atoms with Crippen LogP contribution in [0.25, 0.3) is 15.2 Å². The second kappa shape index (κ2) is 6.71. The second-order valence-corrected chi connectivity index (χ2v) is 9.61. The first-order valence-corrected chi connectivity index (χ1v) is 11.2. The number of benzene rings is 2. The van der Waals surface area contributed by atoms with Gasteiger partial charge >= 0.3 is 0 Å². The molecule has 29 heavy (non-hydrogen) atoms. The van der Waals surface area contributed by atoms with Crippen LogP contribution in [0, 0.1) is 0 Å². The number of carbonyl (C=O) groups excluding carboxylic acids is 1. The molecule has 3 heterocycles. The molecule has 0 radical (unpaired) electrons. The molecule has 2 aromatic heterocycles. The van der Waals surface area contributed by atoms with Gasteiger partial charge in [0, 0.05) is 29.9 Å². The molecule has 146 valence electrons. The van der Waals surface area contributed by atoms with Crippen LogP contribution in [0.5, 0.6) is 0 Å². The highest BCUT2D eigenvalue weighted by molar-refractivity contribution is 7.99. The number of allylic oxidation sites excluding steroid dienone is 2. The Morgan fingerprint density at radius 1 is 1.14 bits per heavy atom. The van der Waals surface area contributed by atoms with Gasteiger partial charge in [-0.25, -0.2) is 0 Å². The number of rotatable bonds is 4. The summed E-state index contributed by atoms with van der Waals surface area (Å²) in [6, 6.07) is 16.5. The molecule has 0 unspecified atom stereocenters. The number of aromatic nitrogens is 3. The summed E-state index contributed by atoms with van der Waals surface area (Å²) in [6.45, 7) is 4.34. The fourth-order valence-electron chi connectivity index (χ4n) is 4.04. The van der Waals surface area contributed by atoms with Crippen LogP contribution in [0.15, 0.2) is 65.5 Å². The normalized spacial score (nSPS) is 16.8. The smallest absolute Gasteiger partial charge is 0.217 e. The van der Waals surface area contributed by atoms with Gasteiger partial charge in [0.25, 0.3) is 0 Å². The number of hydrogen-bond acceptors (Lipinski definition) is 6. The minimum Gasteiger partial charge on any atom is -0.347 e. The summed E-state index contributed by atoms with van der Waals surface area (Å²) in [5.74, 6) is 0.406. The van der Waals surface area contributed by atoms with Crippen LogP contribution in [0.1, 0.15) is 19.4 Å². The van der Waals surface area contributed by atoms with Crippen molar-refractivity contribution < 1.29 is 4.79 Å². The fraction of sp³-hybridized carbons (Fsp3) is 0.227. The lowest BCUT2D eigenvalue weighted by molar-refractivity contribution is -0.112. The number of hydrogen-bond donors (Lipinski definition) is 0. The van der Waals surface area contributed by atoms with Crippen molar-refractivity contribution in [2.75, 3.05) is 17.7 Å². The van der Waals surface area contributed by atoms with Crippen LogP contribution in [0.2, 0.25) is 0 Å². The number of thiazole rings is 1. The molecule has 1 aliphatic rings. The molecule has 4 aromatic rings. The molecule has 0 saturated heterocycles. The number of likely N-dealkylation sites (N-methyl/N-ethyl adjacent to an activating group) is 1. The first kappa shape index (κ1) is 18.4. The Labute approximate surface area is 177 Å². The van der Waals surface area contributed by atoms with E-state index in [2.05, 4.69) is 59.3 Å². The molecule has 7 heteroatoms. The van der Waals surface area contributed by atoms with E-state index in [-0.39, 0.29) is 11.2 Å². The van der Waals surface area contributed by atoms with Gasteiger partial charge in [0.1, 0.15) is 0 Å². The van der Waals surface area contributed by atoms with Crippen LogP contribution >= 0.6 is 23.1 Å². The Kier molecular flexibility index (Phi) is 4.26. The molecule has 1 aliphatic heterocycles. The third-order valence-corrected chi connectivity index (χ3v) is 7.46. The van der Waals surface area contributed by atoms with Crippen LogP contribution in [0.4, 0.5) is 5.69 Å². The number of fused-ring (bicyclic) bond motifs is 4. The standard InChI is InChI=1S/C22H20N4OS2/c1-22(2)15-8-4-5-9-16(15)25(3)19(22)12-14(27)13-28-20-23-24-21-26(20)17-10-6-7-11-18(17)29-21/h4-12H,13H2,1-3H3. The van der Waals surface area contributed by atoms with Crippen molar-refractivity contribution in [2.45, 2.75) is 24.4 Å². The highest BCUT2D eigenvalue weighted by Gasteiger charge is 2.38. The van der Waals surface area contributed by atoms with Crippen LogP contribution in [-0.2, 0) is 10.2 Å². The van der Waals surface area contributed by atoms with Crippen molar-refractivity contribution in [3.05, 3.63) is 65.9 Å². The average Bonchev–Trinajstić information content (AvgIpc) is 3.33. The number of carbonyl (C=O) groups is 1. The summed E-state index contributed by atoms with van der Waals surface area (Å²) in [5.41, 5.74) is 4.32. The molecule has 5 rings (SSSR count). The quantitative estimate of drug-likeness (QED) is 0.347. The van der Waals surface area contributed by atoms with Gasteiger partial charge in [0.05, 0.1) is 16.0 Å². The van der Waals surface area contributed by atoms with E-state index in [4.69, 9.17) is 0 Å². The Bertz CT molecular complexity index is 1280. The third kappa shape index (κ3) is 2.88. The van der Waals surface area contributed by atoms with Gasteiger partial charge in [-0.1, -0.05) is 67.3 Å². The fourth-order valence-corrected chi connectivity index (χ4v) is 5.83. The van der Waals surface area contributed by atoms with E-state index in [0.29, 0.717) is 5.75 Å². The summed E-state index contributed by atoms with van der Waals surface area (Å²) in [7, 11) is 2.03. The van der Waals surface area contributed by atoms with E-state index in [1.54, 1.807) is 17.4 Å². The van der Waals surface area contributed by atoms with Crippen molar-refractivity contribution in [2.24, 2.45) is 0 Å². The summed E-state index contributed by atoms with van der Waals surface area (Å²) in [4.78, 5) is 15.8. The van der Waals surface area contributed by atoms with Crippen molar-refractivity contribution in [3.63, 3.8) is 0 Å². The van der Waals surface area contributed by atoms with Crippen molar-refractivity contribution in [1.29, 1.82) is 0 Å². The summed E-state index contributed by atoms with van der Waals surface area (Å²) in [6.07, 6.45) is 1.79. The van der Waals surface area contributed by atoms with Gasteiger partial charge in [0.2, 0.25) is 4.96 Å². The number of ketones is 1. The molecule has 0 spiro atoms. The minimum absolute atomic E-state index is 0.0778. The zero-order valence-corrected chi connectivity index (χ0v) is 18.0. The lowest BCUT2D eigenvalue weighted by Crippen LogP contribution is -2.24. The zero-order chi connectivity index (χ0) is 20.2. The Morgan fingerprint density at radius 2 is 1.90 bits per heavy atom. The highest BCUT2D eigenvalue weighted by Crippen LogP contribution is 2.46. The largest absolute Gasteiger partial charge is 0.347 e. The molecule has 0 bridgehead atoms. The Balaban J connectivity index is 1.40.